The van der Waals surface area contributed by atoms with Crippen molar-refractivity contribution in [3.63, 3.8) is 0 Å². The highest BCUT2D eigenvalue weighted by molar-refractivity contribution is 5.77. The number of hydrogen-bond acceptors (Lipinski definition) is 7. The van der Waals surface area contributed by atoms with Crippen molar-refractivity contribution in [2.75, 3.05) is 33.5 Å². The van der Waals surface area contributed by atoms with E-state index in [2.05, 4.69) is 0 Å². The lowest BCUT2D eigenvalue weighted by atomic mass is 10.2. The van der Waals surface area contributed by atoms with E-state index in [9.17, 15) is 20.0 Å². The molecule has 0 saturated heterocycles. The van der Waals surface area contributed by atoms with E-state index < -0.39 is 11.0 Å². The lowest BCUT2D eigenvalue weighted by Gasteiger charge is -2.12. The number of carbonyl (C=O) groups is 1. The van der Waals surface area contributed by atoms with Crippen LogP contribution in [-0.4, -0.2) is 56.0 Å². The average Bonchev–Trinajstić information content (AvgIpc) is 2.49. The van der Waals surface area contributed by atoms with Gasteiger partial charge in [-0.15, -0.1) is 0 Å². The number of hydrogen-bond donors (Lipinski definition) is 1. The van der Waals surface area contributed by atoms with Gasteiger partial charge in [-0.05, 0) is 12.1 Å². The molecule has 0 aliphatic carbocycles. The highest BCUT2D eigenvalue weighted by Crippen LogP contribution is 2.27. The molecule has 0 amide bonds. The standard InChI is InChI=1S/C13H17NO7/c1-19-4-5-20-8-11(16)9-21-13-3-2-10(7-15)6-12(13)14(17)18/h2-3,6-7,11,16H,4-5,8-9H2,1H3. The number of nitrogens with zero attached hydrogens (tertiary/aromatic N) is 1. The molecule has 0 radical (unpaired) electrons. The van der Waals surface area contributed by atoms with Crippen molar-refractivity contribution >= 4 is 12.0 Å². The molecular weight excluding hydrogens is 282 g/mol. The monoisotopic (exact) mass is 299 g/mol. The minimum atomic E-state index is -0.924. The molecule has 0 bridgehead atoms. The second kappa shape index (κ2) is 9.01. The van der Waals surface area contributed by atoms with E-state index in [0.29, 0.717) is 19.5 Å². The van der Waals surface area contributed by atoms with Crippen LogP contribution in [0.2, 0.25) is 0 Å². The first-order chi connectivity index (χ1) is 10.1. The predicted octanol–water partition coefficient (Wildman–Crippen LogP) is 0.810. The Morgan fingerprint density at radius 2 is 2.14 bits per heavy atom. The molecule has 21 heavy (non-hydrogen) atoms. The third-order valence-electron chi connectivity index (χ3n) is 2.49. The predicted molar refractivity (Wildman–Crippen MR) is 72.7 cm³/mol. The molecule has 1 aromatic carbocycles. The van der Waals surface area contributed by atoms with Crippen LogP contribution >= 0.6 is 0 Å². The fourth-order valence-corrected chi connectivity index (χ4v) is 1.47. The van der Waals surface area contributed by atoms with Crippen LogP contribution in [0.1, 0.15) is 10.4 Å². The molecule has 0 spiro atoms. The van der Waals surface area contributed by atoms with Crippen molar-refractivity contribution in [1.82, 2.24) is 0 Å². The molecule has 0 saturated carbocycles. The number of aliphatic hydroxyl groups excluding tert-OH is 1. The molecule has 1 unspecified atom stereocenters. The van der Waals surface area contributed by atoms with E-state index in [4.69, 9.17) is 14.2 Å². The highest BCUT2D eigenvalue weighted by Gasteiger charge is 2.17. The molecular formula is C13H17NO7. The summed E-state index contributed by atoms with van der Waals surface area (Å²) in [7, 11) is 1.53. The normalized spacial score (nSPS) is 11.9. The molecule has 116 valence electrons. The molecule has 1 N–H and O–H groups in total. The summed E-state index contributed by atoms with van der Waals surface area (Å²) in [5, 5.41) is 20.5. The third-order valence-corrected chi connectivity index (χ3v) is 2.49. The Hall–Kier alpha value is -2.03. The molecule has 8 nitrogen and oxygen atoms in total. The Bertz CT molecular complexity index is 478. The number of benzene rings is 1. The Labute approximate surface area is 121 Å². The maximum Gasteiger partial charge on any atom is 0.311 e. The van der Waals surface area contributed by atoms with Crippen LogP contribution in [0.15, 0.2) is 18.2 Å². The second-order valence-electron chi connectivity index (χ2n) is 4.13. The van der Waals surface area contributed by atoms with Crippen molar-refractivity contribution in [3.8, 4) is 5.75 Å². The highest BCUT2D eigenvalue weighted by atomic mass is 16.6. The quantitative estimate of drug-likeness (QED) is 0.295. The van der Waals surface area contributed by atoms with Crippen LogP contribution in [0.5, 0.6) is 5.75 Å². The van der Waals surface area contributed by atoms with Crippen LogP contribution in [0.4, 0.5) is 5.69 Å². The number of ether oxygens (including phenoxy) is 3. The maximum absolute atomic E-state index is 10.9. The zero-order chi connectivity index (χ0) is 15.7. The van der Waals surface area contributed by atoms with Gasteiger partial charge >= 0.3 is 5.69 Å². The van der Waals surface area contributed by atoms with Gasteiger partial charge in [-0.25, -0.2) is 0 Å². The van der Waals surface area contributed by atoms with E-state index in [0.717, 1.165) is 6.07 Å². The summed E-state index contributed by atoms with van der Waals surface area (Å²) in [5.74, 6) is -0.0125. The van der Waals surface area contributed by atoms with Gasteiger partial charge in [0, 0.05) is 18.7 Å². The smallest absolute Gasteiger partial charge is 0.311 e. The molecule has 0 aromatic heterocycles. The van der Waals surface area contributed by atoms with Crippen LogP contribution in [-0.2, 0) is 9.47 Å². The summed E-state index contributed by atoms with van der Waals surface area (Å²) >= 11 is 0. The van der Waals surface area contributed by atoms with Gasteiger partial charge in [0.15, 0.2) is 5.75 Å². The number of rotatable bonds is 10. The van der Waals surface area contributed by atoms with E-state index in [1.54, 1.807) is 0 Å². The van der Waals surface area contributed by atoms with Gasteiger partial charge in [-0.3, -0.25) is 14.9 Å². The Kier molecular flexibility index (Phi) is 7.30. The van der Waals surface area contributed by atoms with Gasteiger partial charge in [0.2, 0.25) is 0 Å². The molecule has 8 heteroatoms. The van der Waals surface area contributed by atoms with E-state index in [-0.39, 0.29) is 30.2 Å². The average molecular weight is 299 g/mol. The van der Waals surface area contributed by atoms with Crippen molar-refractivity contribution in [3.05, 3.63) is 33.9 Å². The SMILES string of the molecule is COCCOCC(O)COc1ccc(C=O)cc1[N+](=O)[O-]. The fraction of sp³-hybridized carbons (Fsp3) is 0.462. The minimum Gasteiger partial charge on any atom is -0.484 e. The summed E-state index contributed by atoms with van der Waals surface area (Å²) in [5.41, 5.74) is -0.149. The van der Waals surface area contributed by atoms with Crippen LogP contribution in [0.3, 0.4) is 0 Å². The zero-order valence-corrected chi connectivity index (χ0v) is 11.6. The number of aldehydes is 1. The van der Waals surface area contributed by atoms with Crippen LogP contribution in [0, 0.1) is 10.1 Å². The van der Waals surface area contributed by atoms with Crippen molar-refractivity contribution in [1.29, 1.82) is 0 Å². The summed E-state index contributed by atoms with van der Waals surface area (Å²) in [6, 6.07) is 3.83. The number of carbonyl (C=O) groups excluding carboxylic acids is 1. The van der Waals surface area contributed by atoms with Gasteiger partial charge in [0.05, 0.1) is 24.7 Å². The third kappa shape index (κ3) is 5.86. The van der Waals surface area contributed by atoms with Crippen LogP contribution < -0.4 is 4.74 Å². The summed E-state index contributed by atoms with van der Waals surface area (Å²) in [4.78, 5) is 20.8. The fourth-order valence-electron chi connectivity index (χ4n) is 1.47. The molecule has 0 aliphatic rings. The Morgan fingerprint density at radius 1 is 1.38 bits per heavy atom. The Balaban J connectivity index is 2.54. The first-order valence-electron chi connectivity index (χ1n) is 6.19. The van der Waals surface area contributed by atoms with Gasteiger partial charge in [-0.2, -0.15) is 0 Å². The summed E-state index contributed by atoms with van der Waals surface area (Å²) < 4.78 is 15.1. The summed E-state index contributed by atoms with van der Waals surface area (Å²) in [6.45, 7) is 0.617. The van der Waals surface area contributed by atoms with Gasteiger partial charge < -0.3 is 19.3 Å². The maximum atomic E-state index is 10.9. The molecule has 1 atom stereocenters. The first-order valence-corrected chi connectivity index (χ1v) is 6.19. The molecule has 1 rings (SSSR count). The van der Waals surface area contributed by atoms with E-state index >= 15 is 0 Å². The van der Waals surface area contributed by atoms with E-state index in [1.807, 2.05) is 0 Å². The number of methoxy groups -OCH3 is 1. The second-order valence-corrected chi connectivity index (χ2v) is 4.13. The Morgan fingerprint density at radius 3 is 2.76 bits per heavy atom. The van der Waals surface area contributed by atoms with Gasteiger partial charge in [0.25, 0.3) is 0 Å². The zero-order valence-electron chi connectivity index (χ0n) is 11.6. The minimum absolute atomic E-state index is 0.0125. The summed E-state index contributed by atoms with van der Waals surface area (Å²) in [6.07, 6.45) is -0.415. The van der Waals surface area contributed by atoms with Gasteiger partial charge in [-0.1, -0.05) is 0 Å². The lowest BCUT2D eigenvalue weighted by molar-refractivity contribution is -0.385. The van der Waals surface area contributed by atoms with Crippen molar-refractivity contribution < 1.29 is 29.0 Å². The van der Waals surface area contributed by atoms with Gasteiger partial charge in [0.1, 0.15) is 19.0 Å². The number of aliphatic hydroxyl groups is 1. The molecule has 0 aliphatic heterocycles. The van der Waals surface area contributed by atoms with Crippen molar-refractivity contribution in [2.24, 2.45) is 0 Å². The number of nitro groups is 1. The number of nitro benzene ring substituents is 1. The molecule has 1 aromatic rings. The lowest BCUT2D eigenvalue weighted by Crippen LogP contribution is -2.24. The van der Waals surface area contributed by atoms with Crippen molar-refractivity contribution in [2.45, 2.75) is 6.10 Å². The van der Waals surface area contributed by atoms with E-state index in [1.165, 1.54) is 19.2 Å². The van der Waals surface area contributed by atoms with Crippen LogP contribution in [0.25, 0.3) is 0 Å². The molecule has 0 heterocycles. The topological polar surface area (TPSA) is 108 Å². The largest absolute Gasteiger partial charge is 0.484 e. The first kappa shape index (κ1) is 17.0. The molecule has 0 fully saturated rings.